The first-order valence-corrected chi connectivity index (χ1v) is 8.20. The third-order valence-corrected chi connectivity index (χ3v) is 5.53. The number of alkyl halides is 1. The predicted molar refractivity (Wildman–Crippen MR) is 80.3 cm³/mol. The molecule has 5 heteroatoms. The molecule has 1 aromatic rings. The summed E-state index contributed by atoms with van der Waals surface area (Å²) >= 11 is 7.44. The highest BCUT2D eigenvalue weighted by molar-refractivity contribution is 9.11. The summed E-state index contributed by atoms with van der Waals surface area (Å²) in [6.07, 6.45) is 1.43. The zero-order valence-electron chi connectivity index (χ0n) is 10.7. The molecule has 104 valence electrons. The van der Waals surface area contributed by atoms with Gasteiger partial charge in [-0.05, 0) is 31.0 Å². The van der Waals surface area contributed by atoms with E-state index in [1.54, 1.807) is 0 Å². The van der Waals surface area contributed by atoms with Crippen LogP contribution < -0.4 is 9.47 Å². The largest absolute Gasteiger partial charge is 0.486 e. The van der Waals surface area contributed by atoms with E-state index in [0.29, 0.717) is 25.2 Å². The smallest absolute Gasteiger partial charge is 0.162 e. The van der Waals surface area contributed by atoms with Crippen molar-refractivity contribution in [1.82, 2.24) is 0 Å². The molecule has 2 aliphatic rings. The third-order valence-electron chi connectivity index (χ3n) is 3.60. The van der Waals surface area contributed by atoms with Crippen molar-refractivity contribution in [3.8, 4) is 11.5 Å². The summed E-state index contributed by atoms with van der Waals surface area (Å²) in [5, 5.41) is 0. The van der Waals surface area contributed by atoms with Crippen LogP contribution in [0.2, 0.25) is 0 Å². The highest BCUT2D eigenvalue weighted by Gasteiger charge is 2.31. The van der Waals surface area contributed by atoms with E-state index in [9.17, 15) is 0 Å². The van der Waals surface area contributed by atoms with Gasteiger partial charge in [-0.3, -0.25) is 0 Å². The number of ether oxygens (including phenoxy) is 3. The van der Waals surface area contributed by atoms with Crippen LogP contribution in [0, 0.1) is 5.92 Å². The molecule has 1 saturated heterocycles. The Balaban J connectivity index is 1.87. The average molecular weight is 392 g/mol. The summed E-state index contributed by atoms with van der Waals surface area (Å²) in [6.45, 7) is 4.16. The predicted octanol–water partition coefficient (Wildman–Crippen LogP) is 4.08. The van der Waals surface area contributed by atoms with Gasteiger partial charge in [-0.1, -0.05) is 31.9 Å². The van der Waals surface area contributed by atoms with Gasteiger partial charge in [-0.2, -0.15) is 0 Å². The van der Waals surface area contributed by atoms with E-state index in [-0.39, 0.29) is 4.83 Å². The molecule has 0 N–H and O–H groups in total. The molecule has 0 amide bonds. The first-order valence-electron chi connectivity index (χ1n) is 6.50. The van der Waals surface area contributed by atoms with Gasteiger partial charge >= 0.3 is 0 Å². The maximum Gasteiger partial charge on any atom is 0.162 e. The lowest BCUT2D eigenvalue weighted by atomic mass is 9.96. The normalized spacial score (nSPS) is 27.3. The van der Waals surface area contributed by atoms with Gasteiger partial charge in [0.15, 0.2) is 11.5 Å². The molecule has 1 aromatic carbocycles. The number of halogens is 2. The van der Waals surface area contributed by atoms with Crippen LogP contribution in [0.1, 0.15) is 23.7 Å². The van der Waals surface area contributed by atoms with Crippen molar-refractivity contribution < 1.29 is 14.2 Å². The summed E-state index contributed by atoms with van der Waals surface area (Å²) in [5.41, 5.74) is 1.20. The van der Waals surface area contributed by atoms with E-state index in [1.165, 1.54) is 5.56 Å². The van der Waals surface area contributed by atoms with Gasteiger partial charge in [0.25, 0.3) is 0 Å². The van der Waals surface area contributed by atoms with Gasteiger partial charge in [0.1, 0.15) is 13.2 Å². The van der Waals surface area contributed by atoms with Crippen molar-refractivity contribution in [1.29, 1.82) is 0 Å². The summed E-state index contributed by atoms with van der Waals surface area (Å²) < 4.78 is 18.0. The van der Waals surface area contributed by atoms with Crippen LogP contribution in [0.5, 0.6) is 11.5 Å². The van der Waals surface area contributed by atoms with E-state index >= 15 is 0 Å². The molecule has 0 saturated carbocycles. The average Bonchev–Trinajstić information content (AvgIpc) is 2.84. The third kappa shape index (κ3) is 2.78. The van der Waals surface area contributed by atoms with E-state index in [2.05, 4.69) is 44.8 Å². The SMILES string of the molecule is CC1CC(C(Br)c2cc3c(cc2Br)OCCO3)CO1. The Hall–Kier alpha value is -0.260. The second kappa shape index (κ2) is 5.62. The Bertz CT molecular complexity index is 478. The Morgan fingerprint density at radius 1 is 1.21 bits per heavy atom. The number of rotatable bonds is 2. The molecule has 2 aliphatic heterocycles. The number of fused-ring (bicyclic) bond motifs is 1. The topological polar surface area (TPSA) is 27.7 Å². The van der Waals surface area contributed by atoms with Crippen LogP contribution in [0.3, 0.4) is 0 Å². The number of hydrogen-bond acceptors (Lipinski definition) is 3. The number of hydrogen-bond donors (Lipinski definition) is 0. The van der Waals surface area contributed by atoms with Crippen molar-refractivity contribution in [3.05, 3.63) is 22.2 Å². The Morgan fingerprint density at radius 2 is 1.89 bits per heavy atom. The molecule has 1 fully saturated rings. The second-order valence-corrected chi connectivity index (χ2v) is 6.90. The fraction of sp³-hybridized carbons (Fsp3) is 0.571. The first-order chi connectivity index (χ1) is 9.15. The minimum absolute atomic E-state index is 0.266. The zero-order chi connectivity index (χ0) is 13.4. The Kier molecular flexibility index (Phi) is 4.06. The lowest BCUT2D eigenvalue weighted by molar-refractivity contribution is 0.120. The maximum atomic E-state index is 5.66. The molecular formula is C14H16Br2O3. The molecule has 3 rings (SSSR count). The van der Waals surface area contributed by atoms with Gasteiger partial charge in [-0.15, -0.1) is 0 Å². The number of benzene rings is 1. The van der Waals surface area contributed by atoms with Gasteiger partial charge in [0.2, 0.25) is 0 Å². The summed E-state index contributed by atoms with van der Waals surface area (Å²) in [5.74, 6) is 2.15. The van der Waals surface area contributed by atoms with E-state index in [1.807, 2.05) is 6.07 Å². The lowest BCUT2D eigenvalue weighted by Gasteiger charge is -2.23. The molecule has 3 atom stereocenters. The monoisotopic (exact) mass is 390 g/mol. The maximum absolute atomic E-state index is 5.66. The van der Waals surface area contributed by atoms with Crippen molar-refractivity contribution in [2.45, 2.75) is 24.3 Å². The lowest BCUT2D eigenvalue weighted by Crippen LogP contribution is -2.16. The molecule has 0 aliphatic carbocycles. The molecule has 3 nitrogen and oxygen atoms in total. The summed E-state index contributed by atoms with van der Waals surface area (Å²) in [6, 6.07) is 4.07. The van der Waals surface area contributed by atoms with Gasteiger partial charge in [0.05, 0.1) is 12.7 Å². The molecule has 0 bridgehead atoms. The van der Waals surface area contributed by atoms with E-state index in [4.69, 9.17) is 14.2 Å². The Morgan fingerprint density at radius 3 is 2.53 bits per heavy atom. The highest BCUT2D eigenvalue weighted by atomic mass is 79.9. The van der Waals surface area contributed by atoms with Gasteiger partial charge in [-0.25, -0.2) is 0 Å². The first kappa shape index (κ1) is 13.7. The summed E-state index contributed by atoms with van der Waals surface area (Å²) in [7, 11) is 0. The molecule has 2 heterocycles. The molecule has 0 aromatic heterocycles. The molecular weight excluding hydrogens is 376 g/mol. The molecule has 19 heavy (non-hydrogen) atoms. The second-order valence-electron chi connectivity index (χ2n) is 5.06. The minimum Gasteiger partial charge on any atom is -0.486 e. The molecule has 0 spiro atoms. The van der Waals surface area contributed by atoms with Crippen LogP contribution in [0.4, 0.5) is 0 Å². The van der Waals surface area contributed by atoms with Crippen molar-refractivity contribution in [2.75, 3.05) is 19.8 Å². The van der Waals surface area contributed by atoms with Gasteiger partial charge in [0, 0.05) is 15.2 Å². The fourth-order valence-electron chi connectivity index (χ4n) is 2.60. The minimum atomic E-state index is 0.266. The van der Waals surface area contributed by atoms with Crippen molar-refractivity contribution in [2.24, 2.45) is 5.92 Å². The van der Waals surface area contributed by atoms with Gasteiger partial charge < -0.3 is 14.2 Å². The van der Waals surface area contributed by atoms with Crippen LogP contribution in [0.25, 0.3) is 0 Å². The standard InChI is InChI=1S/C14H16Br2O3/c1-8-4-9(7-19-8)14(16)10-5-12-13(6-11(10)15)18-3-2-17-12/h5-6,8-9,14H,2-4,7H2,1H3. The van der Waals surface area contributed by atoms with Crippen LogP contribution in [0.15, 0.2) is 16.6 Å². The fourth-order valence-corrected chi connectivity index (χ4v) is 4.22. The van der Waals surface area contributed by atoms with Crippen LogP contribution in [-0.4, -0.2) is 25.9 Å². The van der Waals surface area contributed by atoms with Crippen molar-refractivity contribution >= 4 is 31.9 Å². The van der Waals surface area contributed by atoms with Crippen LogP contribution in [-0.2, 0) is 4.74 Å². The summed E-state index contributed by atoms with van der Waals surface area (Å²) in [4.78, 5) is 0.266. The van der Waals surface area contributed by atoms with E-state index < -0.39 is 0 Å². The van der Waals surface area contributed by atoms with Crippen molar-refractivity contribution in [3.63, 3.8) is 0 Å². The Labute approximate surface area is 129 Å². The molecule has 0 radical (unpaired) electrons. The zero-order valence-corrected chi connectivity index (χ0v) is 13.9. The molecule has 3 unspecified atom stereocenters. The highest BCUT2D eigenvalue weighted by Crippen LogP contribution is 2.45. The van der Waals surface area contributed by atoms with E-state index in [0.717, 1.165) is 29.0 Å². The quantitative estimate of drug-likeness (QED) is 0.711. The van der Waals surface area contributed by atoms with Crippen LogP contribution >= 0.6 is 31.9 Å².